The van der Waals surface area contributed by atoms with Gasteiger partial charge in [-0.05, 0) is 49.2 Å². The molecule has 0 atom stereocenters. The molecule has 3 rings (SSSR count). The number of alkyl halides is 5. The third-order valence-electron chi connectivity index (χ3n) is 5.48. The van der Waals surface area contributed by atoms with Gasteiger partial charge in [-0.25, -0.2) is 19.5 Å². The van der Waals surface area contributed by atoms with Crippen LogP contribution < -0.4 is 16.0 Å². The van der Waals surface area contributed by atoms with E-state index in [9.17, 15) is 35.9 Å². The van der Waals surface area contributed by atoms with Crippen LogP contribution in [0.3, 0.4) is 0 Å². The van der Waals surface area contributed by atoms with Gasteiger partial charge in [0.1, 0.15) is 11.4 Å². The quantitative estimate of drug-likeness (QED) is 0.170. The fourth-order valence-corrected chi connectivity index (χ4v) is 3.38. The molecule has 1 aromatic carbocycles. The number of carbonyl (C=O) groups is 1. The molecule has 0 unspecified atom stereocenters. The Morgan fingerprint density at radius 2 is 1.79 bits per heavy atom. The van der Waals surface area contributed by atoms with Crippen molar-refractivity contribution in [1.29, 1.82) is 0 Å². The molecule has 3 N–H and O–H groups in total. The van der Waals surface area contributed by atoms with E-state index >= 15 is 0 Å². The normalized spacial score (nSPS) is 11.4. The Bertz CT molecular complexity index is 1380. The number of anilines is 1. The second-order valence-corrected chi connectivity index (χ2v) is 8.54. The summed E-state index contributed by atoms with van der Waals surface area (Å²) in [7, 11) is 3.33. The first-order valence-electron chi connectivity index (χ1n) is 12.2. The van der Waals surface area contributed by atoms with Crippen LogP contribution >= 0.6 is 0 Å². The van der Waals surface area contributed by atoms with Crippen molar-refractivity contribution in [2.24, 2.45) is 0 Å². The minimum absolute atomic E-state index is 0.0334. The number of ether oxygens (including phenoxy) is 2. The van der Waals surface area contributed by atoms with Gasteiger partial charge in [-0.1, -0.05) is 0 Å². The van der Waals surface area contributed by atoms with Gasteiger partial charge in [0.2, 0.25) is 0 Å². The predicted molar refractivity (Wildman–Crippen MR) is 141 cm³/mol. The van der Waals surface area contributed by atoms with Crippen LogP contribution in [0.1, 0.15) is 40.7 Å². The summed E-state index contributed by atoms with van der Waals surface area (Å²) in [6.07, 6.45) is 5.04. The van der Waals surface area contributed by atoms with Crippen LogP contribution in [0.5, 0.6) is 5.75 Å². The SMILES string of the molecule is COc1cnc(-c2cc(/C=C\N(C)CCCCCOC(F)F)c(C=O)cc2F)nc1.Nc1cn[nH]c(=O)c1C(F)(F)F. The number of aldehydes is 1. The number of hydrogen-bond donors (Lipinski definition) is 2. The molecule has 0 aliphatic rings. The first kappa shape index (κ1) is 33.7. The smallest absolute Gasteiger partial charge is 0.423 e. The van der Waals surface area contributed by atoms with E-state index < -0.39 is 35.4 Å². The molecule has 0 bridgehead atoms. The summed E-state index contributed by atoms with van der Waals surface area (Å²) in [6.45, 7) is -2.00. The highest BCUT2D eigenvalue weighted by molar-refractivity contribution is 5.84. The highest BCUT2D eigenvalue weighted by Crippen LogP contribution is 2.29. The second-order valence-electron chi connectivity index (χ2n) is 8.54. The van der Waals surface area contributed by atoms with Crippen molar-refractivity contribution in [1.82, 2.24) is 25.1 Å². The lowest BCUT2D eigenvalue weighted by Gasteiger charge is -2.14. The van der Waals surface area contributed by atoms with Gasteiger partial charge in [-0.2, -0.15) is 27.1 Å². The van der Waals surface area contributed by atoms with Gasteiger partial charge < -0.3 is 20.1 Å². The van der Waals surface area contributed by atoms with Crippen molar-refractivity contribution in [3.63, 3.8) is 0 Å². The lowest BCUT2D eigenvalue weighted by Crippen LogP contribution is -2.24. The summed E-state index contributed by atoms with van der Waals surface area (Å²) >= 11 is 0. The fourth-order valence-electron chi connectivity index (χ4n) is 3.38. The summed E-state index contributed by atoms with van der Waals surface area (Å²) in [5.41, 5.74) is 2.40. The molecule has 0 aliphatic heterocycles. The van der Waals surface area contributed by atoms with Crippen LogP contribution in [0.25, 0.3) is 17.5 Å². The number of nitrogen functional groups attached to an aromatic ring is 1. The van der Waals surface area contributed by atoms with Gasteiger partial charge in [-0.15, -0.1) is 0 Å². The molecule has 228 valence electrons. The number of benzene rings is 1. The van der Waals surface area contributed by atoms with Gasteiger partial charge in [0.25, 0.3) is 5.56 Å². The molecule has 0 amide bonds. The molecule has 0 radical (unpaired) electrons. The Labute approximate surface area is 236 Å². The summed E-state index contributed by atoms with van der Waals surface area (Å²) in [4.78, 5) is 32.0. The highest BCUT2D eigenvalue weighted by Gasteiger charge is 2.36. The van der Waals surface area contributed by atoms with Gasteiger partial charge in [0.05, 0.1) is 43.6 Å². The van der Waals surface area contributed by atoms with Crippen LogP contribution in [0.4, 0.5) is 32.0 Å². The van der Waals surface area contributed by atoms with E-state index in [1.54, 1.807) is 17.4 Å². The highest BCUT2D eigenvalue weighted by atomic mass is 19.4. The minimum Gasteiger partial charge on any atom is -0.494 e. The molecule has 2 heterocycles. The maximum absolute atomic E-state index is 14.4. The Hall–Kier alpha value is -4.47. The number of nitrogens with two attached hydrogens (primary N) is 1. The molecule has 0 saturated carbocycles. The predicted octanol–water partition coefficient (Wildman–Crippen LogP) is 4.79. The average Bonchev–Trinajstić information content (AvgIpc) is 2.93. The second kappa shape index (κ2) is 16.1. The standard InChI is InChI=1S/C21H24F3N3O3.C5H4F3N3O/c1-27(7-4-3-5-9-30-21(23)24)8-6-15-10-18(19(22)11-16(15)14-28)20-25-12-17(29-2)13-26-20;6-5(7,8)3-2(9)1-10-11-4(3)12/h6,8,10-14,21H,3-5,7,9H2,1-2H3;1H,(H3,9,11,12)/b8-6-;. The molecule has 10 nitrogen and oxygen atoms in total. The molecule has 0 aliphatic carbocycles. The molecule has 2 aromatic heterocycles. The molecule has 0 spiro atoms. The number of H-pyrrole nitrogens is 1. The third-order valence-corrected chi connectivity index (χ3v) is 5.48. The number of nitrogens with zero attached hydrogens (tertiary/aromatic N) is 4. The van der Waals surface area contributed by atoms with Crippen molar-refractivity contribution in [2.45, 2.75) is 32.1 Å². The summed E-state index contributed by atoms with van der Waals surface area (Å²) < 4.78 is 83.4. The summed E-state index contributed by atoms with van der Waals surface area (Å²) in [5, 5.41) is 4.74. The van der Waals surface area contributed by atoms with Crippen LogP contribution in [0.2, 0.25) is 0 Å². The number of aromatic nitrogens is 4. The van der Waals surface area contributed by atoms with Crippen molar-refractivity contribution < 1.29 is 40.6 Å². The Morgan fingerprint density at radius 3 is 2.33 bits per heavy atom. The van der Waals surface area contributed by atoms with Crippen molar-refractivity contribution >= 4 is 18.0 Å². The first-order valence-corrected chi connectivity index (χ1v) is 12.2. The maximum Gasteiger partial charge on any atom is 0.423 e. The van der Waals surface area contributed by atoms with Crippen LogP contribution in [-0.2, 0) is 10.9 Å². The van der Waals surface area contributed by atoms with Crippen molar-refractivity contribution in [3.8, 4) is 17.1 Å². The van der Waals surface area contributed by atoms with Gasteiger partial charge >= 0.3 is 12.8 Å². The lowest BCUT2D eigenvalue weighted by atomic mass is 10.0. The number of aromatic amines is 1. The zero-order valence-electron chi connectivity index (χ0n) is 22.5. The number of hydrogen-bond acceptors (Lipinski definition) is 9. The molecular formula is C26H28F6N6O4. The van der Waals surface area contributed by atoms with E-state index in [1.165, 1.54) is 25.6 Å². The average molecular weight is 603 g/mol. The van der Waals surface area contributed by atoms with Crippen molar-refractivity contribution in [3.05, 3.63) is 69.8 Å². The van der Waals surface area contributed by atoms with E-state index in [0.717, 1.165) is 25.1 Å². The monoisotopic (exact) mass is 602 g/mol. The number of carbonyl (C=O) groups excluding carboxylic acids is 1. The summed E-state index contributed by atoms with van der Waals surface area (Å²) in [6, 6.07) is 2.67. The van der Waals surface area contributed by atoms with E-state index in [4.69, 9.17) is 10.5 Å². The number of unbranched alkanes of at least 4 members (excludes halogenated alkanes) is 2. The largest absolute Gasteiger partial charge is 0.494 e. The third kappa shape index (κ3) is 10.5. The number of rotatable bonds is 12. The maximum atomic E-state index is 14.4. The Kier molecular flexibility index (Phi) is 12.9. The molecule has 16 heteroatoms. The van der Waals surface area contributed by atoms with Crippen molar-refractivity contribution in [2.75, 3.05) is 33.0 Å². The van der Waals surface area contributed by atoms with Crippen LogP contribution in [0, 0.1) is 5.82 Å². The Morgan fingerprint density at radius 1 is 1.10 bits per heavy atom. The number of methoxy groups -OCH3 is 1. The minimum atomic E-state index is -4.74. The summed E-state index contributed by atoms with van der Waals surface area (Å²) in [5.74, 6) is 0.0322. The van der Waals surface area contributed by atoms with Crippen LogP contribution in [0.15, 0.2) is 41.7 Å². The molecular weight excluding hydrogens is 574 g/mol. The number of halogens is 6. The van der Waals surface area contributed by atoms with E-state index in [-0.39, 0.29) is 23.6 Å². The molecule has 0 saturated heterocycles. The molecule has 42 heavy (non-hydrogen) atoms. The fraction of sp³-hybridized carbons (Fsp3) is 0.346. The first-order chi connectivity index (χ1) is 19.9. The molecule has 0 fully saturated rings. The van der Waals surface area contributed by atoms with Gasteiger partial charge in [0, 0.05) is 19.2 Å². The van der Waals surface area contributed by atoms with E-state index in [0.29, 0.717) is 30.6 Å². The van der Waals surface area contributed by atoms with Gasteiger partial charge in [-0.3, -0.25) is 9.59 Å². The van der Waals surface area contributed by atoms with Gasteiger partial charge in [0.15, 0.2) is 17.9 Å². The topological polar surface area (TPSA) is 136 Å². The zero-order valence-corrected chi connectivity index (χ0v) is 22.5. The lowest BCUT2D eigenvalue weighted by molar-refractivity contribution is -0.138. The zero-order chi connectivity index (χ0) is 31.3. The Balaban J connectivity index is 0.000000428. The van der Waals surface area contributed by atoms with E-state index in [1.807, 2.05) is 11.9 Å². The van der Waals surface area contributed by atoms with Crippen LogP contribution in [-0.4, -0.2) is 65.3 Å². The van der Waals surface area contributed by atoms with E-state index in [2.05, 4.69) is 19.8 Å². The molecule has 3 aromatic rings. The number of nitrogens with one attached hydrogen (secondary N) is 1.